The largest absolute Gasteiger partial charge is 0.493 e. The van der Waals surface area contributed by atoms with Crippen LogP contribution in [0.1, 0.15) is 33.5 Å². The molecule has 1 aliphatic rings. The van der Waals surface area contributed by atoms with Gasteiger partial charge in [0.2, 0.25) is 0 Å². The maximum Gasteiger partial charge on any atom is 0.142 e. The summed E-state index contributed by atoms with van der Waals surface area (Å²) in [6.07, 6.45) is 1.85. The zero-order valence-electron chi connectivity index (χ0n) is 18.4. The molecule has 160 valence electrons. The van der Waals surface area contributed by atoms with Crippen molar-refractivity contribution in [3.05, 3.63) is 60.6 Å². The topological polar surface area (TPSA) is 62.3 Å². The fraction of sp³-hybridized carbons (Fsp3) is 0.360. The van der Waals surface area contributed by atoms with Crippen molar-refractivity contribution in [3.63, 3.8) is 0 Å². The highest BCUT2D eigenvalue weighted by molar-refractivity contribution is 5.79. The van der Waals surface area contributed by atoms with Crippen LogP contribution in [0.15, 0.2) is 59.4 Å². The van der Waals surface area contributed by atoms with Gasteiger partial charge in [-0.25, -0.2) is 4.98 Å². The Bertz CT molecular complexity index is 1210. The Labute approximate surface area is 181 Å². The van der Waals surface area contributed by atoms with Crippen molar-refractivity contribution in [3.8, 4) is 22.7 Å². The molecular formula is C25H27N3O3. The molecule has 0 atom stereocenters. The van der Waals surface area contributed by atoms with Crippen molar-refractivity contribution in [2.75, 3.05) is 19.8 Å². The molecule has 6 heteroatoms. The molecule has 1 saturated heterocycles. The van der Waals surface area contributed by atoms with Crippen LogP contribution in [0.4, 0.5) is 0 Å². The minimum Gasteiger partial charge on any atom is -0.493 e. The SMILES string of the molecule is CC1(COc2ccc3c(c2)ncn3-c2ccc(-c3cc(C(C)(C)C)on3)cc2)COC1. The third kappa shape index (κ3) is 3.83. The highest BCUT2D eigenvalue weighted by Crippen LogP contribution is 2.30. The maximum atomic E-state index is 5.98. The fourth-order valence-electron chi connectivity index (χ4n) is 3.64. The number of benzene rings is 2. The van der Waals surface area contributed by atoms with E-state index in [1.165, 1.54) is 0 Å². The number of nitrogens with zero attached hydrogens (tertiary/aromatic N) is 3. The highest BCUT2D eigenvalue weighted by Gasteiger charge is 2.34. The molecule has 1 aliphatic heterocycles. The molecule has 2 aromatic heterocycles. The summed E-state index contributed by atoms with van der Waals surface area (Å²) in [5.74, 6) is 1.71. The number of hydrogen-bond donors (Lipinski definition) is 0. The molecule has 31 heavy (non-hydrogen) atoms. The maximum absolute atomic E-state index is 5.98. The van der Waals surface area contributed by atoms with Gasteiger partial charge in [-0.1, -0.05) is 45.0 Å². The van der Waals surface area contributed by atoms with E-state index in [1.807, 2.05) is 24.5 Å². The lowest BCUT2D eigenvalue weighted by atomic mass is 9.90. The summed E-state index contributed by atoms with van der Waals surface area (Å²) in [5.41, 5.74) is 4.91. The zero-order valence-corrected chi connectivity index (χ0v) is 18.4. The highest BCUT2D eigenvalue weighted by atomic mass is 16.5. The first-order chi connectivity index (χ1) is 14.8. The second-order valence-corrected chi connectivity index (χ2v) is 9.73. The Kier molecular flexibility index (Phi) is 4.63. The van der Waals surface area contributed by atoms with E-state index >= 15 is 0 Å². The standard InChI is InChI=1S/C25H27N3O3/c1-24(2,3)23-12-20(27-31-23)17-5-7-18(8-6-17)28-16-26-21-11-19(9-10-22(21)28)30-15-25(4)13-29-14-25/h5-12,16H,13-15H2,1-4H3. The molecule has 0 spiro atoms. The predicted molar refractivity (Wildman–Crippen MR) is 120 cm³/mol. The van der Waals surface area contributed by atoms with Crippen LogP contribution in [0.2, 0.25) is 0 Å². The Morgan fingerprint density at radius 2 is 1.84 bits per heavy atom. The Morgan fingerprint density at radius 3 is 2.48 bits per heavy atom. The Morgan fingerprint density at radius 1 is 1.06 bits per heavy atom. The van der Waals surface area contributed by atoms with Crippen LogP contribution >= 0.6 is 0 Å². The molecule has 4 aromatic rings. The Hall–Kier alpha value is -3.12. The zero-order chi connectivity index (χ0) is 21.6. The molecule has 0 saturated carbocycles. The van der Waals surface area contributed by atoms with Crippen molar-refractivity contribution >= 4 is 11.0 Å². The molecule has 0 N–H and O–H groups in total. The second kappa shape index (κ2) is 7.24. The minimum atomic E-state index is -0.0626. The molecule has 6 nitrogen and oxygen atoms in total. The molecule has 0 aliphatic carbocycles. The smallest absolute Gasteiger partial charge is 0.142 e. The minimum absolute atomic E-state index is 0.0626. The Balaban J connectivity index is 1.36. The molecule has 5 rings (SSSR count). The first-order valence-corrected chi connectivity index (χ1v) is 10.6. The van der Waals surface area contributed by atoms with Crippen molar-refractivity contribution in [1.29, 1.82) is 0 Å². The van der Waals surface area contributed by atoms with Crippen LogP contribution in [0, 0.1) is 5.41 Å². The summed E-state index contributed by atoms with van der Waals surface area (Å²) in [7, 11) is 0. The number of ether oxygens (including phenoxy) is 2. The van der Waals surface area contributed by atoms with Crippen LogP contribution in [-0.4, -0.2) is 34.5 Å². The van der Waals surface area contributed by atoms with Crippen LogP contribution in [0.5, 0.6) is 5.75 Å². The van der Waals surface area contributed by atoms with E-state index in [0.29, 0.717) is 6.61 Å². The molecule has 0 bridgehead atoms. The number of rotatable bonds is 5. The van der Waals surface area contributed by atoms with Gasteiger partial charge < -0.3 is 14.0 Å². The molecular weight excluding hydrogens is 390 g/mol. The quantitative estimate of drug-likeness (QED) is 0.435. The third-order valence-electron chi connectivity index (χ3n) is 5.70. The second-order valence-electron chi connectivity index (χ2n) is 9.73. The lowest BCUT2D eigenvalue weighted by Gasteiger charge is -2.37. The van der Waals surface area contributed by atoms with E-state index in [4.69, 9.17) is 14.0 Å². The summed E-state index contributed by atoms with van der Waals surface area (Å²) >= 11 is 0. The van der Waals surface area contributed by atoms with Gasteiger partial charge in [-0.05, 0) is 24.3 Å². The van der Waals surface area contributed by atoms with Crippen molar-refractivity contribution in [1.82, 2.24) is 14.7 Å². The normalized spacial score (nSPS) is 15.7. The summed E-state index contributed by atoms with van der Waals surface area (Å²) in [6.45, 7) is 10.7. The molecule has 0 radical (unpaired) electrons. The van der Waals surface area contributed by atoms with E-state index in [2.05, 4.69) is 72.7 Å². The van der Waals surface area contributed by atoms with Crippen molar-refractivity contribution in [2.24, 2.45) is 5.41 Å². The van der Waals surface area contributed by atoms with Crippen LogP contribution in [-0.2, 0) is 10.2 Å². The lowest BCUT2D eigenvalue weighted by Crippen LogP contribution is -2.44. The van der Waals surface area contributed by atoms with Crippen molar-refractivity contribution < 1.29 is 14.0 Å². The fourth-order valence-corrected chi connectivity index (χ4v) is 3.64. The average molecular weight is 418 g/mol. The van der Waals surface area contributed by atoms with E-state index in [0.717, 1.165) is 52.7 Å². The first kappa shape index (κ1) is 19.8. The third-order valence-corrected chi connectivity index (χ3v) is 5.70. The number of fused-ring (bicyclic) bond motifs is 1. The van der Waals surface area contributed by atoms with Gasteiger partial charge in [-0.3, -0.25) is 4.57 Å². The summed E-state index contributed by atoms with van der Waals surface area (Å²) < 4.78 is 18.9. The van der Waals surface area contributed by atoms with E-state index in [1.54, 1.807) is 0 Å². The van der Waals surface area contributed by atoms with Gasteiger partial charge in [0.25, 0.3) is 0 Å². The van der Waals surface area contributed by atoms with E-state index < -0.39 is 0 Å². The van der Waals surface area contributed by atoms with Gasteiger partial charge in [-0.2, -0.15) is 0 Å². The number of hydrogen-bond acceptors (Lipinski definition) is 5. The van der Waals surface area contributed by atoms with Crippen molar-refractivity contribution in [2.45, 2.75) is 33.1 Å². The molecule has 0 unspecified atom stereocenters. The van der Waals surface area contributed by atoms with Crippen LogP contribution in [0.3, 0.4) is 0 Å². The molecule has 3 heterocycles. The lowest BCUT2D eigenvalue weighted by molar-refractivity contribution is -0.120. The summed E-state index contributed by atoms with van der Waals surface area (Å²) in [6, 6.07) is 16.3. The predicted octanol–water partition coefficient (Wildman–Crippen LogP) is 5.39. The molecule has 0 amide bonds. The summed E-state index contributed by atoms with van der Waals surface area (Å²) in [5, 5.41) is 4.23. The van der Waals surface area contributed by atoms with E-state index in [9.17, 15) is 0 Å². The van der Waals surface area contributed by atoms with Gasteiger partial charge in [0.1, 0.15) is 23.5 Å². The number of aromatic nitrogens is 3. The molecule has 1 fully saturated rings. The van der Waals surface area contributed by atoms with Gasteiger partial charge in [0.05, 0.1) is 30.9 Å². The van der Waals surface area contributed by atoms with Crippen LogP contribution in [0.25, 0.3) is 28.0 Å². The van der Waals surface area contributed by atoms with Crippen LogP contribution < -0.4 is 4.74 Å². The first-order valence-electron chi connectivity index (χ1n) is 10.6. The van der Waals surface area contributed by atoms with Gasteiger partial charge in [-0.15, -0.1) is 0 Å². The van der Waals surface area contributed by atoms with Gasteiger partial charge >= 0.3 is 0 Å². The van der Waals surface area contributed by atoms with Gasteiger partial charge in [0, 0.05) is 34.2 Å². The summed E-state index contributed by atoms with van der Waals surface area (Å²) in [4.78, 5) is 4.58. The average Bonchev–Trinajstić information content (AvgIpc) is 3.38. The molecule has 2 aromatic carbocycles. The number of imidazole rings is 1. The monoisotopic (exact) mass is 417 g/mol. The van der Waals surface area contributed by atoms with E-state index in [-0.39, 0.29) is 10.8 Å². The van der Waals surface area contributed by atoms with Gasteiger partial charge in [0.15, 0.2) is 0 Å².